The SMILES string of the molecule is Cc1ccc(C(C)NS(=O)(=O)CC2CCNCC2)o1. The summed E-state index contributed by atoms with van der Waals surface area (Å²) < 4.78 is 32.4. The number of sulfonamides is 1. The molecule has 108 valence electrons. The van der Waals surface area contributed by atoms with E-state index in [2.05, 4.69) is 10.0 Å². The molecule has 2 N–H and O–H groups in total. The van der Waals surface area contributed by atoms with E-state index in [0.717, 1.165) is 31.7 Å². The summed E-state index contributed by atoms with van der Waals surface area (Å²) in [5, 5.41) is 3.24. The molecule has 2 rings (SSSR count). The third kappa shape index (κ3) is 4.33. The van der Waals surface area contributed by atoms with Crippen LogP contribution in [-0.4, -0.2) is 27.3 Å². The lowest BCUT2D eigenvalue weighted by Crippen LogP contribution is -2.36. The Bertz CT molecular complexity index is 504. The van der Waals surface area contributed by atoms with Gasteiger partial charge in [0.05, 0.1) is 11.8 Å². The summed E-state index contributed by atoms with van der Waals surface area (Å²) >= 11 is 0. The quantitative estimate of drug-likeness (QED) is 0.862. The zero-order valence-corrected chi connectivity index (χ0v) is 12.3. The molecule has 1 atom stereocenters. The Hall–Kier alpha value is -0.850. The highest BCUT2D eigenvalue weighted by molar-refractivity contribution is 7.89. The molecule has 0 aliphatic carbocycles. The minimum absolute atomic E-state index is 0.207. The van der Waals surface area contributed by atoms with Gasteiger partial charge < -0.3 is 9.73 Å². The molecule has 1 aliphatic heterocycles. The van der Waals surface area contributed by atoms with Crippen LogP contribution in [0.5, 0.6) is 0 Å². The van der Waals surface area contributed by atoms with Crippen LogP contribution in [0.2, 0.25) is 0 Å². The Balaban J connectivity index is 1.92. The molecule has 1 unspecified atom stereocenters. The van der Waals surface area contributed by atoms with Crippen LogP contribution in [-0.2, 0) is 10.0 Å². The monoisotopic (exact) mass is 286 g/mol. The maximum Gasteiger partial charge on any atom is 0.212 e. The second-order valence-electron chi connectivity index (χ2n) is 5.26. The van der Waals surface area contributed by atoms with E-state index in [1.54, 1.807) is 6.92 Å². The zero-order chi connectivity index (χ0) is 13.9. The van der Waals surface area contributed by atoms with E-state index < -0.39 is 10.0 Å². The average Bonchev–Trinajstić information content (AvgIpc) is 2.76. The molecule has 1 saturated heterocycles. The molecule has 0 spiro atoms. The molecule has 0 radical (unpaired) electrons. The molecule has 5 nitrogen and oxygen atoms in total. The fourth-order valence-electron chi connectivity index (χ4n) is 2.42. The Kier molecular flexibility index (Phi) is 4.65. The van der Waals surface area contributed by atoms with Gasteiger partial charge >= 0.3 is 0 Å². The highest BCUT2D eigenvalue weighted by Crippen LogP contribution is 2.19. The van der Waals surface area contributed by atoms with E-state index in [-0.39, 0.29) is 17.7 Å². The van der Waals surface area contributed by atoms with E-state index in [9.17, 15) is 8.42 Å². The summed E-state index contributed by atoms with van der Waals surface area (Å²) in [6.07, 6.45) is 1.85. The molecule has 1 aromatic heterocycles. The maximum absolute atomic E-state index is 12.1. The van der Waals surface area contributed by atoms with Gasteiger partial charge in [0.15, 0.2) is 0 Å². The van der Waals surface area contributed by atoms with Crippen molar-refractivity contribution in [2.24, 2.45) is 5.92 Å². The number of nitrogens with one attached hydrogen (secondary N) is 2. The lowest BCUT2D eigenvalue weighted by Gasteiger charge is -2.23. The lowest BCUT2D eigenvalue weighted by atomic mass is 10.0. The summed E-state index contributed by atoms with van der Waals surface area (Å²) in [4.78, 5) is 0. The van der Waals surface area contributed by atoms with Crippen molar-refractivity contribution < 1.29 is 12.8 Å². The average molecular weight is 286 g/mol. The van der Waals surface area contributed by atoms with Gasteiger partial charge in [0.1, 0.15) is 11.5 Å². The minimum atomic E-state index is -3.26. The molecule has 1 aliphatic rings. The fraction of sp³-hybridized carbons (Fsp3) is 0.692. The summed E-state index contributed by atoms with van der Waals surface area (Å²) in [7, 11) is -3.26. The van der Waals surface area contributed by atoms with E-state index >= 15 is 0 Å². The molecule has 19 heavy (non-hydrogen) atoms. The molecule has 0 bridgehead atoms. The van der Waals surface area contributed by atoms with Crippen LogP contribution in [0.15, 0.2) is 16.5 Å². The van der Waals surface area contributed by atoms with Crippen molar-refractivity contribution in [1.82, 2.24) is 10.0 Å². The second-order valence-corrected chi connectivity index (χ2v) is 7.06. The van der Waals surface area contributed by atoms with Gasteiger partial charge in [0, 0.05) is 0 Å². The standard InChI is InChI=1S/C13H22N2O3S/c1-10-3-4-13(18-10)11(2)15-19(16,17)9-12-5-7-14-8-6-12/h3-4,11-12,14-15H,5-9H2,1-2H3. The zero-order valence-electron chi connectivity index (χ0n) is 11.5. The first kappa shape index (κ1) is 14.6. The van der Waals surface area contributed by atoms with Crippen LogP contribution in [0.4, 0.5) is 0 Å². The molecule has 1 aromatic rings. The third-order valence-corrected chi connectivity index (χ3v) is 5.08. The highest BCUT2D eigenvalue weighted by Gasteiger charge is 2.23. The van der Waals surface area contributed by atoms with Crippen LogP contribution in [0.3, 0.4) is 0 Å². The molecule has 0 amide bonds. The van der Waals surface area contributed by atoms with Crippen molar-refractivity contribution in [2.45, 2.75) is 32.7 Å². The van der Waals surface area contributed by atoms with E-state index in [1.165, 1.54) is 0 Å². The summed E-state index contributed by atoms with van der Waals surface area (Å²) in [5.41, 5.74) is 0. The van der Waals surface area contributed by atoms with Gasteiger partial charge in [0.2, 0.25) is 10.0 Å². The van der Waals surface area contributed by atoms with Gasteiger partial charge in [-0.3, -0.25) is 0 Å². The van der Waals surface area contributed by atoms with Crippen LogP contribution in [0, 0.1) is 12.8 Å². The third-order valence-electron chi connectivity index (χ3n) is 3.46. The van der Waals surface area contributed by atoms with Gasteiger partial charge in [-0.05, 0) is 57.8 Å². The molecule has 0 saturated carbocycles. The molecular weight excluding hydrogens is 264 g/mol. The Labute approximate surface area is 114 Å². The Morgan fingerprint density at radius 2 is 2.11 bits per heavy atom. The molecule has 0 aromatic carbocycles. The number of piperidine rings is 1. The highest BCUT2D eigenvalue weighted by atomic mass is 32.2. The maximum atomic E-state index is 12.1. The number of hydrogen-bond donors (Lipinski definition) is 2. The van der Waals surface area contributed by atoms with Gasteiger partial charge in [-0.15, -0.1) is 0 Å². The number of hydrogen-bond acceptors (Lipinski definition) is 4. The second kappa shape index (κ2) is 6.07. The van der Waals surface area contributed by atoms with E-state index in [0.29, 0.717) is 5.76 Å². The minimum Gasteiger partial charge on any atom is -0.465 e. The predicted molar refractivity (Wildman–Crippen MR) is 74.4 cm³/mol. The van der Waals surface area contributed by atoms with Crippen molar-refractivity contribution in [3.63, 3.8) is 0 Å². The first-order valence-electron chi connectivity index (χ1n) is 6.73. The van der Waals surface area contributed by atoms with Gasteiger partial charge in [0.25, 0.3) is 0 Å². The summed E-state index contributed by atoms with van der Waals surface area (Å²) in [6, 6.07) is 3.33. The van der Waals surface area contributed by atoms with Crippen molar-refractivity contribution >= 4 is 10.0 Å². The molecule has 2 heterocycles. The molecular formula is C13H22N2O3S. The van der Waals surface area contributed by atoms with Gasteiger partial charge in [-0.2, -0.15) is 0 Å². The van der Waals surface area contributed by atoms with Crippen LogP contribution < -0.4 is 10.0 Å². The topological polar surface area (TPSA) is 71.3 Å². The largest absolute Gasteiger partial charge is 0.465 e. The molecule has 6 heteroatoms. The molecule has 1 fully saturated rings. The Morgan fingerprint density at radius 1 is 1.42 bits per heavy atom. The summed E-state index contributed by atoms with van der Waals surface area (Å²) in [5.74, 6) is 1.91. The predicted octanol–water partition coefficient (Wildman–Crippen LogP) is 1.57. The van der Waals surface area contributed by atoms with Crippen molar-refractivity contribution in [3.8, 4) is 0 Å². The van der Waals surface area contributed by atoms with E-state index in [4.69, 9.17) is 4.42 Å². The van der Waals surface area contributed by atoms with Crippen molar-refractivity contribution in [1.29, 1.82) is 0 Å². The summed E-state index contributed by atoms with van der Waals surface area (Å²) in [6.45, 7) is 5.47. The number of rotatable bonds is 5. The lowest BCUT2D eigenvalue weighted by molar-refractivity contribution is 0.397. The van der Waals surface area contributed by atoms with Crippen LogP contribution in [0.25, 0.3) is 0 Å². The van der Waals surface area contributed by atoms with Crippen LogP contribution in [0.1, 0.15) is 37.3 Å². The van der Waals surface area contributed by atoms with Crippen LogP contribution >= 0.6 is 0 Å². The number of furan rings is 1. The number of aryl methyl sites for hydroxylation is 1. The van der Waals surface area contributed by atoms with Crippen molar-refractivity contribution in [2.75, 3.05) is 18.8 Å². The first-order chi connectivity index (χ1) is 8.96. The van der Waals surface area contributed by atoms with Gasteiger partial charge in [-0.1, -0.05) is 0 Å². The fourth-order valence-corrected chi connectivity index (χ4v) is 4.13. The first-order valence-corrected chi connectivity index (χ1v) is 8.38. The van der Waals surface area contributed by atoms with E-state index in [1.807, 2.05) is 19.1 Å². The smallest absolute Gasteiger partial charge is 0.212 e. The van der Waals surface area contributed by atoms with Crippen molar-refractivity contribution in [3.05, 3.63) is 23.7 Å². The Morgan fingerprint density at radius 3 is 2.68 bits per heavy atom. The normalized spacial score (nSPS) is 19.5. The van der Waals surface area contributed by atoms with Gasteiger partial charge in [-0.25, -0.2) is 13.1 Å².